The molecule has 0 heterocycles. The molecule has 1 aliphatic rings. The molecule has 0 spiro atoms. The van der Waals surface area contributed by atoms with Crippen molar-refractivity contribution >= 4 is 10.0 Å². The highest BCUT2D eigenvalue weighted by atomic mass is 32.2. The Morgan fingerprint density at radius 2 is 1.95 bits per heavy atom. The van der Waals surface area contributed by atoms with Gasteiger partial charge in [0.25, 0.3) is 0 Å². The van der Waals surface area contributed by atoms with Crippen LogP contribution in [0.1, 0.15) is 31.7 Å². The van der Waals surface area contributed by atoms with Crippen LogP contribution in [0.2, 0.25) is 0 Å². The summed E-state index contributed by atoms with van der Waals surface area (Å²) in [5.74, 6) is 0.268. The minimum Gasteiger partial charge on any atom is -0.330 e. The predicted molar refractivity (Wildman–Crippen MR) is 76.3 cm³/mol. The molecule has 1 saturated carbocycles. The molecule has 1 fully saturated rings. The second-order valence-corrected chi connectivity index (χ2v) is 6.87. The van der Waals surface area contributed by atoms with E-state index in [2.05, 4.69) is 4.72 Å². The SMILES string of the molecule is CCc1ccc(S(=O)(=O)N[C@H]2CCC[C@H]2CN)cc1. The van der Waals surface area contributed by atoms with Crippen LogP contribution < -0.4 is 10.5 Å². The number of aryl methyl sites for hydroxylation is 1. The third-order valence-corrected chi connectivity index (χ3v) is 5.42. The summed E-state index contributed by atoms with van der Waals surface area (Å²) < 4.78 is 27.4. The average molecular weight is 282 g/mol. The zero-order chi connectivity index (χ0) is 13.9. The van der Waals surface area contributed by atoms with Gasteiger partial charge >= 0.3 is 0 Å². The number of nitrogens with two attached hydrogens (primary N) is 1. The Hall–Kier alpha value is -0.910. The standard InChI is InChI=1S/C14H22N2O2S/c1-2-11-6-8-13(9-7-11)19(17,18)16-14-5-3-4-12(14)10-15/h6-9,12,14,16H,2-5,10,15H2,1H3/t12-,14-/m0/s1. The highest BCUT2D eigenvalue weighted by molar-refractivity contribution is 7.89. The molecule has 0 aliphatic heterocycles. The lowest BCUT2D eigenvalue weighted by molar-refractivity contribution is 0.453. The van der Waals surface area contributed by atoms with Crippen molar-refractivity contribution in [1.82, 2.24) is 4.72 Å². The van der Waals surface area contributed by atoms with Gasteiger partial charge in [0.2, 0.25) is 10.0 Å². The number of nitrogens with one attached hydrogen (secondary N) is 1. The summed E-state index contributed by atoms with van der Waals surface area (Å²) in [5, 5.41) is 0. The molecule has 2 atom stereocenters. The lowest BCUT2D eigenvalue weighted by Crippen LogP contribution is -2.39. The number of hydrogen-bond donors (Lipinski definition) is 2. The monoisotopic (exact) mass is 282 g/mol. The Morgan fingerprint density at radius 3 is 2.53 bits per heavy atom. The molecule has 1 aromatic rings. The fraction of sp³-hybridized carbons (Fsp3) is 0.571. The maximum absolute atomic E-state index is 12.3. The minimum absolute atomic E-state index is 0.0131. The Bertz CT molecular complexity index is 511. The molecule has 1 aliphatic carbocycles. The highest BCUT2D eigenvalue weighted by Gasteiger charge is 2.30. The van der Waals surface area contributed by atoms with E-state index < -0.39 is 10.0 Å². The zero-order valence-electron chi connectivity index (χ0n) is 11.3. The third-order valence-electron chi connectivity index (χ3n) is 3.91. The van der Waals surface area contributed by atoms with Gasteiger partial charge in [-0.05, 0) is 49.4 Å². The molecule has 0 bridgehead atoms. The number of rotatable bonds is 5. The van der Waals surface area contributed by atoms with Gasteiger partial charge < -0.3 is 5.73 Å². The van der Waals surface area contributed by atoms with Crippen molar-refractivity contribution in [3.8, 4) is 0 Å². The van der Waals surface area contributed by atoms with Crippen LogP contribution in [0.25, 0.3) is 0 Å². The summed E-state index contributed by atoms with van der Waals surface area (Å²) in [7, 11) is -3.42. The second-order valence-electron chi connectivity index (χ2n) is 5.15. The smallest absolute Gasteiger partial charge is 0.240 e. The Kier molecular flexibility index (Phi) is 4.60. The Morgan fingerprint density at radius 1 is 1.26 bits per heavy atom. The first-order valence-corrected chi connectivity index (χ1v) is 8.36. The quantitative estimate of drug-likeness (QED) is 0.862. The van der Waals surface area contributed by atoms with E-state index in [4.69, 9.17) is 5.73 Å². The van der Waals surface area contributed by atoms with E-state index in [-0.39, 0.29) is 12.0 Å². The zero-order valence-corrected chi connectivity index (χ0v) is 12.1. The molecule has 0 saturated heterocycles. The van der Waals surface area contributed by atoms with Gasteiger partial charge in [-0.25, -0.2) is 13.1 Å². The molecule has 1 aromatic carbocycles. The fourth-order valence-electron chi connectivity index (χ4n) is 2.65. The first-order valence-electron chi connectivity index (χ1n) is 6.88. The lowest BCUT2D eigenvalue weighted by atomic mass is 10.1. The van der Waals surface area contributed by atoms with Crippen LogP contribution in [0.15, 0.2) is 29.2 Å². The first kappa shape index (κ1) is 14.5. The van der Waals surface area contributed by atoms with Gasteiger partial charge in [0.05, 0.1) is 4.90 Å². The third kappa shape index (κ3) is 3.35. The minimum atomic E-state index is -3.42. The molecule has 106 valence electrons. The van der Waals surface area contributed by atoms with Gasteiger partial charge in [-0.15, -0.1) is 0 Å². The van der Waals surface area contributed by atoms with Crippen LogP contribution in [0.5, 0.6) is 0 Å². The van der Waals surface area contributed by atoms with E-state index >= 15 is 0 Å². The molecule has 0 unspecified atom stereocenters. The molecule has 0 radical (unpaired) electrons. The molecular formula is C14H22N2O2S. The molecular weight excluding hydrogens is 260 g/mol. The van der Waals surface area contributed by atoms with Crippen molar-refractivity contribution in [3.63, 3.8) is 0 Å². The second kappa shape index (κ2) is 6.03. The van der Waals surface area contributed by atoms with Crippen LogP contribution in [0.3, 0.4) is 0 Å². The summed E-state index contributed by atoms with van der Waals surface area (Å²) in [6, 6.07) is 7.06. The van der Waals surface area contributed by atoms with Crippen LogP contribution in [-0.2, 0) is 16.4 Å². The Labute approximate surface area is 115 Å². The topological polar surface area (TPSA) is 72.2 Å². The van der Waals surface area contributed by atoms with Crippen LogP contribution in [-0.4, -0.2) is 21.0 Å². The molecule has 0 aromatic heterocycles. The fourth-order valence-corrected chi connectivity index (χ4v) is 3.99. The molecule has 3 N–H and O–H groups in total. The molecule has 19 heavy (non-hydrogen) atoms. The summed E-state index contributed by atoms with van der Waals surface area (Å²) in [6.45, 7) is 2.59. The number of hydrogen-bond acceptors (Lipinski definition) is 3. The first-order chi connectivity index (χ1) is 9.06. The van der Waals surface area contributed by atoms with E-state index in [0.717, 1.165) is 31.2 Å². The molecule has 0 amide bonds. The average Bonchev–Trinajstić information content (AvgIpc) is 2.85. The largest absolute Gasteiger partial charge is 0.330 e. The van der Waals surface area contributed by atoms with Crippen molar-refractivity contribution in [2.24, 2.45) is 11.7 Å². The van der Waals surface area contributed by atoms with Crippen molar-refractivity contribution in [2.75, 3.05) is 6.54 Å². The van der Waals surface area contributed by atoms with Crippen molar-refractivity contribution < 1.29 is 8.42 Å². The van der Waals surface area contributed by atoms with Gasteiger partial charge in [-0.1, -0.05) is 25.5 Å². The number of sulfonamides is 1. The van der Waals surface area contributed by atoms with Crippen LogP contribution in [0, 0.1) is 5.92 Å². The molecule has 2 rings (SSSR count). The summed E-state index contributed by atoms with van der Waals surface area (Å²) in [5.41, 5.74) is 6.82. The van der Waals surface area contributed by atoms with E-state index in [1.165, 1.54) is 0 Å². The molecule has 4 nitrogen and oxygen atoms in total. The maximum atomic E-state index is 12.3. The van der Waals surface area contributed by atoms with Crippen molar-refractivity contribution in [3.05, 3.63) is 29.8 Å². The maximum Gasteiger partial charge on any atom is 0.240 e. The molecule has 5 heteroatoms. The van der Waals surface area contributed by atoms with Gasteiger partial charge in [-0.3, -0.25) is 0 Å². The predicted octanol–water partition coefficient (Wildman–Crippen LogP) is 1.65. The Balaban J connectivity index is 2.13. The highest BCUT2D eigenvalue weighted by Crippen LogP contribution is 2.26. The van der Waals surface area contributed by atoms with Gasteiger partial charge in [0.15, 0.2) is 0 Å². The van der Waals surface area contributed by atoms with Crippen LogP contribution >= 0.6 is 0 Å². The van der Waals surface area contributed by atoms with Gasteiger partial charge in [0.1, 0.15) is 0 Å². The lowest BCUT2D eigenvalue weighted by Gasteiger charge is -2.19. The van der Waals surface area contributed by atoms with E-state index in [9.17, 15) is 8.42 Å². The van der Waals surface area contributed by atoms with Gasteiger partial charge in [-0.2, -0.15) is 0 Å². The van der Waals surface area contributed by atoms with E-state index in [1.54, 1.807) is 12.1 Å². The summed E-state index contributed by atoms with van der Waals surface area (Å²) >= 11 is 0. The van der Waals surface area contributed by atoms with Crippen molar-refractivity contribution in [2.45, 2.75) is 43.5 Å². The normalized spacial score (nSPS) is 23.7. The summed E-state index contributed by atoms with van der Waals surface area (Å²) in [4.78, 5) is 0.340. The van der Waals surface area contributed by atoms with Crippen molar-refractivity contribution in [1.29, 1.82) is 0 Å². The van der Waals surface area contributed by atoms with Crippen LogP contribution in [0.4, 0.5) is 0 Å². The summed E-state index contributed by atoms with van der Waals surface area (Å²) in [6.07, 6.45) is 3.85. The number of benzene rings is 1. The van der Waals surface area contributed by atoms with Gasteiger partial charge in [0, 0.05) is 6.04 Å². The van der Waals surface area contributed by atoms with E-state index in [1.807, 2.05) is 19.1 Å². The van der Waals surface area contributed by atoms with E-state index in [0.29, 0.717) is 11.4 Å².